The summed E-state index contributed by atoms with van der Waals surface area (Å²) in [4.78, 5) is 13.3. The molecule has 0 aliphatic carbocycles. The fourth-order valence-corrected chi connectivity index (χ4v) is 5.23. The Labute approximate surface area is 154 Å². The second-order valence-electron chi connectivity index (χ2n) is 8.22. The van der Waals surface area contributed by atoms with E-state index in [1.165, 1.54) is 21.9 Å². The van der Waals surface area contributed by atoms with E-state index < -0.39 is 27.7 Å². The quantitative estimate of drug-likeness (QED) is 0.827. The number of piperidine rings is 1. The van der Waals surface area contributed by atoms with E-state index in [0.717, 1.165) is 4.88 Å². The summed E-state index contributed by atoms with van der Waals surface area (Å²) in [6.45, 7) is 7.77. The van der Waals surface area contributed by atoms with Crippen molar-refractivity contribution in [3.63, 3.8) is 0 Å². The Balaban J connectivity index is 2.40. The van der Waals surface area contributed by atoms with E-state index in [4.69, 9.17) is 0 Å². The van der Waals surface area contributed by atoms with Gasteiger partial charge in [-0.15, -0.1) is 11.3 Å². The van der Waals surface area contributed by atoms with E-state index in [1.54, 1.807) is 6.92 Å². The third kappa shape index (κ3) is 5.03. The van der Waals surface area contributed by atoms with Gasteiger partial charge in [0.1, 0.15) is 0 Å². The van der Waals surface area contributed by atoms with E-state index in [1.807, 2.05) is 38.3 Å². The van der Waals surface area contributed by atoms with Crippen LogP contribution in [0.3, 0.4) is 0 Å². The van der Waals surface area contributed by atoms with E-state index in [9.17, 15) is 18.3 Å². The van der Waals surface area contributed by atoms with Gasteiger partial charge in [0.15, 0.2) is 0 Å². The average Bonchev–Trinajstić information content (AvgIpc) is 2.90. The summed E-state index contributed by atoms with van der Waals surface area (Å²) in [6, 6.07) is 2.38. The minimum atomic E-state index is -3.48. The van der Waals surface area contributed by atoms with E-state index in [-0.39, 0.29) is 24.3 Å². The lowest BCUT2D eigenvalue weighted by atomic mass is 9.82. The molecule has 0 spiro atoms. The van der Waals surface area contributed by atoms with Crippen LogP contribution in [0.1, 0.15) is 51.5 Å². The van der Waals surface area contributed by atoms with Gasteiger partial charge >= 0.3 is 0 Å². The molecular formula is C17H28N2O4S2. The number of carbonyl (C=O) groups excluding carboxylic acids is 1. The van der Waals surface area contributed by atoms with Crippen LogP contribution < -0.4 is 5.32 Å². The van der Waals surface area contributed by atoms with Crippen molar-refractivity contribution < 1.29 is 18.3 Å². The molecule has 8 heteroatoms. The normalized spacial score (nSPS) is 28.7. The molecule has 2 rings (SSSR count). The molecule has 25 heavy (non-hydrogen) atoms. The molecule has 2 N–H and O–H groups in total. The molecular weight excluding hydrogens is 360 g/mol. The van der Waals surface area contributed by atoms with Crippen LogP contribution in [-0.4, -0.2) is 48.2 Å². The van der Waals surface area contributed by atoms with Gasteiger partial charge < -0.3 is 10.4 Å². The first kappa shape index (κ1) is 20.4. The van der Waals surface area contributed by atoms with Gasteiger partial charge in [0.05, 0.1) is 23.9 Å². The average molecular weight is 389 g/mol. The fourth-order valence-electron chi connectivity index (χ4n) is 3.22. The van der Waals surface area contributed by atoms with Crippen molar-refractivity contribution in [1.29, 1.82) is 0 Å². The van der Waals surface area contributed by atoms with Gasteiger partial charge in [-0.3, -0.25) is 4.79 Å². The Morgan fingerprint density at radius 3 is 2.60 bits per heavy atom. The lowest BCUT2D eigenvalue weighted by molar-refractivity contribution is -0.128. The maximum absolute atomic E-state index is 12.5. The van der Waals surface area contributed by atoms with Crippen LogP contribution in [0.2, 0.25) is 0 Å². The van der Waals surface area contributed by atoms with E-state index in [2.05, 4.69) is 5.32 Å². The molecule has 3 atom stereocenters. The largest absolute Gasteiger partial charge is 0.388 e. The van der Waals surface area contributed by atoms with Gasteiger partial charge in [-0.2, -0.15) is 4.31 Å². The molecule has 1 saturated heterocycles. The minimum Gasteiger partial charge on any atom is -0.388 e. The molecule has 0 radical (unpaired) electrons. The Morgan fingerprint density at radius 1 is 1.48 bits per heavy atom. The summed E-state index contributed by atoms with van der Waals surface area (Å²) in [5, 5.41) is 15.7. The highest BCUT2D eigenvalue weighted by atomic mass is 32.2. The van der Waals surface area contributed by atoms with Crippen molar-refractivity contribution in [2.24, 2.45) is 5.41 Å². The van der Waals surface area contributed by atoms with Crippen molar-refractivity contribution in [3.05, 3.63) is 22.4 Å². The van der Waals surface area contributed by atoms with Crippen LogP contribution in [0.25, 0.3) is 0 Å². The number of nitrogens with zero attached hydrogens (tertiary/aromatic N) is 1. The summed E-state index contributed by atoms with van der Waals surface area (Å²) < 4.78 is 26.0. The van der Waals surface area contributed by atoms with Gasteiger partial charge in [-0.1, -0.05) is 26.8 Å². The summed E-state index contributed by atoms with van der Waals surface area (Å²) in [6.07, 6.45) is 1.74. The lowest BCUT2D eigenvalue weighted by Crippen LogP contribution is -2.63. The number of rotatable bonds is 4. The molecule has 0 saturated carbocycles. The maximum Gasteiger partial charge on any atom is 0.220 e. The van der Waals surface area contributed by atoms with Crippen LogP contribution in [0.4, 0.5) is 0 Å². The molecule has 1 aliphatic rings. The maximum atomic E-state index is 12.5. The van der Waals surface area contributed by atoms with Crippen LogP contribution >= 0.6 is 11.3 Å². The number of thiophene rings is 1. The number of nitrogens with one attached hydrogen (secondary N) is 1. The van der Waals surface area contributed by atoms with Crippen LogP contribution in [-0.2, 0) is 14.8 Å². The number of sulfonamides is 1. The summed E-state index contributed by atoms with van der Waals surface area (Å²) in [7, 11) is -3.48. The van der Waals surface area contributed by atoms with Crippen molar-refractivity contribution in [2.45, 2.75) is 58.2 Å². The Bertz CT molecular complexity index is 706. The summed E-state index contributed by atoms with van der Waals surface area (Å²) in [5.41, 5.74) is -1.39. The number of hydrogen-bond acceptors (Lipinski definition) is 5. The Kier molecular flexibility index (Phi) is 5.68. The predicted octanol–water partition coefficient (Wildman–Crippen LogP) is 2.13. The molecule has 1 fully saturated rings. The molecule has 6 nitrogen and oxygen atoms in total. The molecule has 2 heterocycles. The smallest absolute Gasteiger partial charge is 0.220 e. The van der Waals surface area contributed by atoms with Crippen LogP contribution in [0.5, 0.6) is 0 Å². The number of hydrogen-bond donors (Lipinski definition) is 2. The summed E-state index contributed by atoms with van der Waals surface area (Å²) >= 11 is 1.43. The van der Waals surface area contributed by atoms with Crippen molar-refractivity contribution in [3.8, 4) is 0 Å². The van der Waals surface area contributed by atoms with Crippen LogP contribution in [0.15, 0.2) is 17.5 Å². The molecule has 1 aromatic heterocycles. The van der Waals surface area contributed by atoms with Gasteiger partial charge in [0.25, 0.3) is 0 Å². The van der Waals surface area contributed by atoms with E-state index in [0.29, 0.717) is 6.42 Å². The molecule has 0 aromatic carbocycles. The minimum absolute atomic E-state index is 0.185. The van der Waals surface area contributed by atoms with Crippen molar-refractivity contribution in [1.82, 2.24) is 9.62 Å². The first-order valence-electron chi connectivity index (χ1n) is 8.33. The predicted molar refractivity (Wildman–Crippen MR) is 99.9 cm³/mol. The highest BCUT2D eigenvalue weighted by Gasteiger charge is 2.49. The van der Waals surface area contributed by atoms with Crippen molar-refractivity contribution >= 4 is 27.3 Å². The zero-order chi connectivity index (χ0) is 19.0. The molecule has 1 amide bonds. The Morgan fingerprint density at radius 2 is 2.12 bits per heavy atom. The van der Waals surface area contributed by atoms with E-state index >= 15 is 0 Å². The highest BCUT2D eigenvalue weighted by molar-refractivity contribution is 7.88. The third-order valence-electron chi connectivity index (χ3n) is 4.40. The molecule has 0 unspecified atom stereocenters. The standard InChI is InChI=1S/C17H28N2O4S2/c1-16(2,3)11-13(20)18-15-14(12-7-6-10-24-12)19(25(5,22)23)9-8-17(15,4)21/h6-7,10,14-15,21H,8-9,11H2,1-5H3,(H,18,20)/t14-,15-,17+/m0/s1. The first-order valence-corrected chi connectivity index (χ1v) is 11.1. The van der Waals surface area contributed by atoms with Gasteiger partial charge in [0, 0.05) is 17.8 Å². The van der Waals surface area contributed by atoms with Gasteiger partial charge in [-0.05, 0) is 30.2 Å². The molecule has 142 valence electrons. The molecule has 0 bridgehead atoms. The zero-order valence-electron chi connectivity index (χ0n) is 15.4. The zero-order valence-corrected chi connectivity index (χ0v) is 17.1. The number of carbonyl (C=O) groups is 1. The van der Waals surface area contributed by atoms with Crippen LogP contribution in [0, 0.1) is 5.41 Å². The lowest BCUT2D eigenvalue weighted by Gasteiger charge is -2.47. The van der Waals surface area contributed by atoms with Gasteiger partial charge in [-0.25, -0.2) is 8.42 Å². The highest BCUT2D eigenvalue weighted by Crippen LogP contribution is 2.40. The Hall–Kier alpha value is -0.960. The summed E-state index contributed by atoms with van der Waals surface area (Å²) in [5.74, 6) is -0.185. The van der Waals surface area contributed by atoms with Gasteiger partial charge in [0.2, 0.25) is 15.9 Å². The first-order chi connectivity index (χ1) is 11.3. The SMILES string of the molecule is CC(C)(C)CC(=O)N[C@H]1[C@H](c2cccs2)N(S(C)(=O)=O)CC[C@@]1(C)O. The molecule has 1 aliphatic heterocycles. The second kappa shape index (κ2) is 6.98. The number of amides is 1. The fraction of sp³-hybridized carbons (Fsp3) is 0.706. The topological polar surface area (TPSA) is 86.7 Å². The van der Waals surface area contributed by atoms with Crippen molar-refractivity contribution in [2.75, 3.05) is 12.8 Å². The monoisotopic (exact) mass is 388 g/mol. The third-order valence-corrected chi connectivity index (χ3v) is 6.61. The number of aliphatic hydroxyl groups is 1. The second-order valence-corrected chi connectivity index (χ2v) is 11.1. The molecule has 1 aromatic rings.